The number of aryl methyl sites for hydroxylation is 1. The van der Waals surface area contributed by atoms with Crippen LogP contribution in [0.15, 0.2) is 83.1 Å². The molecule has 1 heterocycles. The zero-order chi connectivity index (χ0) is 23.0. The Kier molecular flexibility index (Phi) is 7.56. The SMILES string of the molecule is CCOc1ccc(S(=O)(=O)N(CC(=O)N/N=C/c2ccncc2)c2ccc(C)cc2)cc1. The highest BCUT2D eigenvalue weighted by atomic mass is 32.2. The number of carbonyl (C=O) groups excluding carboxylic acids is 1. The van der Waals surface area contributed by atoms with Gasteiger partial charge in [-0.05, 0) is 67.9 Å². The van der Waals surface area contributed by atoms with Gasteiger partial charge in [-0.1, -0.05) is 17.7 Å². The number of hydrogen-bond acceptors (Lipinski definition) is 6. The normalized spacial score (nSPS) is 11.3. The van der Waals surface area contributed by atoms with Crippen LogP contribution in [-0.2, 0) is 14.8 Å². The molecule has 0 aliphatic rings. The van der Waals surface area contributed by atoms with Crippen LogP contribution in [0.25, 0.3) is 0 Å². The topological polar surface area (TPSA) is 101 Å². The third kappa shape index (κ3) is 5.92. The Morgan fingerprint density at radius 3 is 2.34 bits per heavy atom. The van der Waals surface area contributed by atoms with Crippen molar-refractivity contribution in [2.24, 2.45) is 5.10 Å². The van der Waals surface area contributed by atoms with Gasteiger partial charge in [0.25, 0.3) is 15.9 Å². The van der Waals surface area contributed by atoms with Gasteiger partial charge in [0.1, 0.15) is 12.3 Å². The standard InChI is InChI=1S/C23H24N4O4S/c1-3-31-21-8-10-22(11-9-21)32(29,30)27(20-6-4-18(2)5-7-20)17-23(28)26-25-16-19-12-14-24-15-13-19/h4-16H,3,17H2,1-2H3,(H,26,28)/b25-16+. The van der Waals surface area contributed by atoms with Crippen molar-refractivity contribution in [2.75, 3.05) is 17.5 Å². The van der Waals surface area contributed by atoms with Gasteiger partial charge in [0, 0.05) is 12.4 Å². The van der Waals surface area contributed by atoms with Crippen molar-refractivity contribution in [1.82, 2.24) is 10.4 Å². The lowest BCUT2D eigenvalue weighted by Gasteiger charge is -2.24. The van der Waals surface area contributed by atoms with E-state index in [9.17, 15) is 13.2 Å². The maximum Gasteiger partial charge on any atom is 0.264 e. The molecule has 0 saturated heterocycles. The van der Waals surface area contributed by atoms with E-state index in [0.717, 1.165) is 15.4 Å². The summed E-state index contributed by atoms with van der Waals surface area (Å²) >= 11 is 0. The van der Waals surface area contributed by atoms with Gasteiger partial charge in [0.05, 0.1) is 23.4 Å². The zero-order valence-electron chi connectivity index (χ0n) is 17.8. The third-order valence-corrected chi connectivity index (χ3v) is 6.23. The van der Waals surface area contributed by atoms with Gasteiger partial charge < -0.3 is 4.74 Å². The summed E-state index contributed by atoms with van der Waals surface area (Å²) in [6.07, 6.45) is 4.66. The van der Waals surface area contributed by atoms with Crippen molar-refractivity contribution in [3.05, 3.63) is 84.2 Å². The Bertz CT molecular complexity index is 1160. The molecule has 0 spiro atoms. The van der Waals surface area contributed by atoms with Crippen LogP contribution in [0.5, 0.6) is 5.75 Å². The van der Waals surface area contributed by atoms with Gasteiger partial charge in [0.2, 0.25) is 0 Å². The number of anilines is 1. The van der Waals surface area contributed by atoms with Crippen LogP contribution >= 0.6 is 0 Å². The molecule has 9 heteroatoms. The molecule has 0 atom stereocenters. The second-order valence-corrected chi connectivity index (χ2v) is 8.69. The number of benzene rings is 2. The molecule has 3 rings (SSSR count). The fourth-order valence-corrected chi connectivity index (χ4v) is 4.24. The number of hydrazone groups is 1. The molecule has 32 heavy (non-hydrogen) atoms. The molecule has 1 aromatic heterocycles. The lowest BCUT2D eigenvalue weighted by atomic mass is 10.2. The number of nitrogens with one attached hydrogen (secondary N) is 1. The molecular formula is C23H24N4O4S. The van der Waals surface area contributed by atoms with Gasteiger partial charge in [-0.25, -0.2) is 13.8 Å². The van der Waals surface area contributed by atoms with Crippen LogP contribution in [0.3, 0.4) is 0 Å². The summed E-state index contributed by atoms with van der Waals surface area (Å²) in [5.74, 6) is -0.0121. The number of carbonyl (C=O) groups is 1. The smallest absolute Gasteiger partial charge is 0.264 e. The van der Waals surface area contributed by atoms with E-state index in [1.54, 1.807) is 60.9 Å². The summed E-state index contributed by atoms with van der Waals surface area (Å²) in [6, 6.07) is 16.4. The predicted molar refractivity (Wildman–Crippen MR) is 123 cm³/mol. The van der Waals surface area contributed by atoms with Crippen LogP contribution in [0.1, 0.15) is 18.1 Å². The van der Waals surface area contributed by atoms with Crippen molar-refractivity contribution in [1.29, 1.82) is 0 Å². The number of sulfonamides is 1. The monoisotopic (exact) mass is 452 g/mol. The van der Waals surface area contributed by atoms with Crippen molar-refractivity contribution in [3.8, 4) is 5.75 Å². The zero-order valence-corrected chi connectivity index (χ0v) is 18.6. The Labute approximate surface area is 187 Å². The highest BCUT2D eigenvalue weighted by Gasteiger charge is 2.27. The largest absolute Gasteiger partial charge is 0.494 e. The Morgan fingerprint density at radius 2 is 1.72 bits per heavy atom. The first-order valence-electron chi connectivity index (χ1n) is 9.94. The quantitative estimate of drug-likeness (QED) is 0.397. The Hall–Kier alpha value is -3.72. The van der Waals surface area contributed by atoms with E-state index in [2.05, 4.69) is 15.5 Å². The molecule has 1 N–H and O–H groups in total. The molecule has 1 amide bonds. The van der Waals surface area contributed by atoms with Crippen LogP contribution in [0, 0.1) is 6.92 Å². The molecule has 3 aromatic rings. The minimum atomic E-state index is -4.01. The van der Waals surface area contributed by atoms with Gasteiger partial charge in [-0.2, -0.15) is 5.10 Å². The first-order chi connectivity index (χ1) is 15.4. The average molecular weight is 453 g/mol. The fraction of sp³-hybridized carbons (Fsp3) is 0.174. The molecule has 8 nitrogen and oxygen atoms in total. The molecule has 0 bridgehead atoms. The van der Waals surface area contributed by atoms with Gasteiger partial charge in [-0.15, -0.1) is 0 Å². The maximum absolute atomic E-state index is 13.4. The average Bonchev–Trinajstić information content (AvgIpc) is 2.79. The van der Waals surface area contributed by atoms with E-state index in [0.29, 0.717) is 18.0 Å². The molecule has 0 unspecified atom stereocenters. The van der Waals surface area contributed by atoms with Gasteiger partial charge in [0.15, 0.2) is 0 Å². The van der Waals surface area contributed by atoms with E-state index in [-0.39, 0.29) is 4.90 Å². The van der Waals surface area contributed by atoms with Crippen LogP contribution in [0.2, 0.25) is 0 Å². The number of rotatable bonds is 9. The molecular weight excluding hydrogens is 428 g/mol. The fourth-order valence-electron chi connectivity index (χ4n) is 2.82. The van der Waals surface area contributed by atoms with Crippen molar-refractivity contribution in [2.45, 2.75) is 18.7 Å². The third-order valence-electron chi connectivity index (χ3n) is 4.44. The molecule has 0 saturated carbocycles. The molecule has 0 fully saturated rings. The van der Waals surface area contributed by atoms with Crippen molar-refractivity contribution in [3.63, 3.8) is 0 Å². The number of hydrogen-bond donors (Lipinski definition) is 1. The van der Waals surface area contributed by atoms with Crippen LogP contribution in [0.4, 0.5) is 5.69 Å². The lowest BCUT2D eigenvalue weighted by molar-refractivity contribution is -0.119. The van der Waals surface area contributed by atoms with Crippen molar-refractivity contribution >= 4 is 27.8 Å². The van der Waals surface area contributed by atoms with Gasteiger partial charge in [-0.3, -0.25) is 14.1 Å². The van der Waals surface area contributed by atoms with Crippen LogP contribution < -0.4 is 14.5 Å². The van der Waals surface area contributed by atoms with Crippen LogP contribution in [-0.4, -0.2) is 38.7 Å². The number of nitrogens with zero attached hydrogens (tertiary/aromatic N) is 3. The summed E-state index contributed by atoms with van der Waals surface area (Å²) in [7, 11) is -4.01. The summed E-state index contributed by atoms with van der Waals surface area (Å²) < 4.78 is 33.2. The predicted octanol–water partition coefficient (Wildman–Crippen LogP) is 3.13. The first kappa shape index (κ1) is 23.0. The minimum Gasteiger partial charge on any atom is -0.494 e. The first-order valence-corrected chi connectivity index (χ1v) is 11.4. The lowest BCUT2D eigenvalue weighted by Crippen LogP contribution is -2.39. The second-order valence-electron chi connectivity index (χ2n) is 6.83. The van der Waals surface area contributed by atoms with E-state index in [1.165, 1.54) is 18.3 Å². The molecule has 0 radical (unpaired) electrons. The van der Waals surface area contributed by atoms with Gasteiger partial charge >= 0.3 is 0 Å². The molecule has 2 aromatic carbocycles. The van der Waals surface area contributed by atoms with E-state index < -0.39 is 22.5 Å². The minimum absolute atomic E-state index is 0.0506. The molecule has 166 valence electrons. The summed E-state index contributed by atoms with van der Waals surface area (Å²) in [4.78, 5) is 16.5. The van der Waals surface area contributed by atoms with Crippen molar-refractivity contribution < 1.29 is 17.9 Å². The Balaban J connectivity index is 1.84. The van der Waals surface area contributed by atoms with E-state index in [4.69, 9.17) is 4.74 Å². The highest BCUT2D eigenvalue weighted by Crippen LogP contribution is 2.25. The summed E-state index contributed by atoms with van der Waals surface area (Å²) in [5, 5.41) is 3.90. The summed E-state index contributed by atoms with van der Waals surface area (Å²) in [6.45, 7) is 3.78. The second kappa shape index (κ2) is 10.5. The molecule has 0 aliphatic carbocycles. The number of amides is 1. The number of pyridine rings is 1. The maximum atomic E-state index is 13.4. The summed E-state index contributed by atoms with van der Waals surface area (Å²) in [5.41, 5.74) is 4.47. The molecule has 0 aliphatic heterocycles. The highest BCUT2D eigenvalue weighted by molar-refractivity contribution is 7.92. The van der Waals surface area contributed by atoms with E-state index in [1.807, 2.05) is 13.8 Å². The number of ether oxygens (including phenoxy) is 1. The Morgan fingerprint density at radius 1 is 1.06 bits per heavy atom. The number of aromatic nitrogens is 1. The van der Waals surface area contributed by atoms with E-state index >= 15 is 0 Å².